The number of anilines is 2. The van der Waals surface area contributed by atoms with E-state index < -0.39 is 5.82 Å². The Morgan fingerprint density at radius 1 is 1.14 bits per heavy atom. The van der Waals surface area contributed by atoms with Crippen LogP contribution in [0.2, 0.25) is 0 Å². The Morgan fingerprint density at radius 2 is 1.95 bits per heavy atom. The lowest BCUT2D eigenvalue weighted by atomic mass is 10.1. The number of nitrogens with zero attached hydrogens (tertiary/aromatic N) is 6. The Hall–Kier alpha value is -4.05. The molecule has 190 valence electrons. The molecule has 3 heterocycles. The van der Waals surface area contributed by atoms with Crippen LogP contribution in [0.5, 0.6) is 0 Å². The quantitative estimate of drug-likeness (QED) is 0.428. The molecule has 6 rings (SSSR count). The maximum absolute atomic E-state index is 14.4. The number of benzene rings is 2. The smallest absolute Gasteiger partial charge is 0.255 e. The molecular weight excluding hydrogens is 473 g/mol. The van der Waals surface area contributed by atoms with E-state index in [1.807, 2.05) is 49.5 Å². The average Bonchev–Trinajstić information content (AvgIpc) is 3.50. The van der Waals surface area contributed by atoms with E-state index in [1.165, 1.54) is 25.0 Å². The fourth-order valence-electron chi connectivity index (χ4n) is 4.73. The van der Waals surface area contributed by atoms with Crippen LogP contribution in [-0.4, -0.2) is 56.8 Å². The van der Waals surface area contributed by atoms with Crippen molar-refractivity contribution in [1.29, 1.82) is 0 Å². The highest BCUT2D eigenvalue weighted by molar-refractivity contribution is 6.05. The zero-order valence-electron chi connectivity index (χ0n) is 20.8. The normalized spacial score (nSPS) is 15.7. The molecule has 0 atom stereocenters. The maximum Gasteiger partial charge on any atom is 0.255 e. The lowest BCUT2D eigenvalue weighted by Crippen LogP contribution is -2.36. The van der Waals surface area contributed by atoms with Gasteiger partial charge in [-0.15, -0.1) is 5.10 Å². The van der Waals surface area contributed by atoms with Crippen molar-refractivity contribution >= 4 is 17.3 Å². The van der Waals surface area contributed by atoms with Gasteiger partial charge in [0.2, 0.25) is 0 Å². The first-order valence-corrected chi connectivity index (χ1v) is 12.5. The number of amides is 1. The van der Waals surface area contributed by atoms with Crippen molar-refractivity contribution < 1.29 is 13.9 Å². The first kappa shape index (κ1) is 23.4. The van der Waals surface area contributed by atoms with Crippen LogP contribution < -0.4 is 10.2 Å². The van der Waals surface area contributed by atoms with E-state index in [1.54, 1.807) is 10.7 Å². The molecular formula is C27H28FN7O2. The van der Waals surface area contributed by atoms with E-state index in [2.05, 4.69) is 25.2 Å². The number of hydrogen-bond acceptors (Lipinski definition) is 6. The second-order valence-corrected chi connectivity index (χ2v) is 9.64. The van der Waals surface area contributed by atoms with Crippen LogP contribution >= 0.6 is 0 Å². The monoisotopic (exact) mass is 501 g/mol. The van der Waals surface area contributed by atoms with Crippen LogP contribution in [-0.2, 0) is 11.8 Å². The summed E-state index contributed by atoms with van der Waals surface area (Å²) in [4.78, 5) is 19.7. The van der Waals surface area contributed by atoms with Crippen LogP contribution in [0.3, 0.4) is 0 Å². The van der Waals surface area contributed by atoms with Crippen LogP contribution in [0, 0.1) is 12.7 Å². The summed E-state index contributed by atoms with van der Waals surface area (Å²) < 4.78 is 23.5. The van der Waals surface area contributed by atoms with Gasteiger partial charge in [-0.3, -0.25) is 4.79 Å². The van der Waals surface area contributed by atoms with Crippen molar-refractivity contribution in [1.82, 2.24) is 24.5 Å². The fourth-order valence-corrected chi connectivity index (χ4v) is 4.73. The molecule has 0 bridgehead atoms. The standard InChI is InChI=1S/C27H28FN7O2/c1-17-3-6-21(30-27(36)19-11-20(28)13-22(12-19)34-7-9-37-10-8-34)14-24(17)35-16-23(31-32-35)25-15-29-26(33(25)2)18-4-5-18/h3,6,11-16,18H,4-5,7-10H2,1-2H3,(H,30,36). The largest absolute Gasteiger partial charge is 0.378 e. The minimum Gasteiger partial charge on any atom is -0.378 e. The summed E-state index contributed by atoms with van der Waals surface area (Å²) in [6, 6.07) is 9.98. The highest BCUT2D eigenvalue weighted by Crippen LogP contribution is 2.40. The number of aromatic nitrogens is 5. The number of rotatable bonds is 6. The number of halogens is 1. The van der Waals surface area contributed by atoms with Crippen LogP contribution in [0.4, 0.5) is 15.8 Å². The van der Waals surface area contributed by atoms with Crippen LogP contribution in [0.1, 0.15) is 40.5 Å². The molecule has 1 saturated carbocycles. The van der Waals surface area contributed by atoms with Crippen molar-refractivity contribution in [3.8, 4) is 17.1 Å². The second-order valence-electron chi connectivity index (χ2n) is 9.64. The van der Waals surface area contributed by atoms with Crippen molar-refractivity contribution in [3.05, 3.63) is 71.6 Å². The van der Waals surface area contributed by atoms with Crippen molar-refractivity contribution in [3.63, 3.8) is 0 Å². The third-order valence-corrected chi connectivity index (χ3v) is 6.96. The predicted molar refractivity (Wildman–Crippen MR) is 138 cm³/mol. The third-order valence-electron chi connectivity index (χ3n) is 6.96. The summed E-state index contributed by atoms with van der Waals surface area (Å²) in [5.41, 5.74) is 4.91. The van der Waals surface area contributed by atoms with E-state index in [0.717, 1.165) is 28.5 Å². The molecule has 1 amide bonds. The Bertz CT molecular complexity index is 1470. The second kappa shape index (κ2) is 9.44. The third kappa shape index (κ3) is 4.72. The summed E-state index contributed by atoms with van der Waals surface area (Å²) in [6.45, 7) is 4.45. The molecule has 2 aliphatic rings. The van der Waals surface area contributed by atoms with Gasteiger partial charge in [0.1, 0.15) is 17.3 Å². The van der Waals surface area contributed by atoms with E-state index in [-0.39, 0.29) is 11.5 Å². The Balaban J connectivity index is 1.23. The number of aryl methyl sites for hydroxylation is 1. The molecule has 37 heavy (non-hydrogen) atoms. The summed E-state index contributed by atoms with van der Waals surface area (Å²) in [5.74, 6) is 0.790. The summed E-state index contributed by atoms with van der Waals surface area (Å²) in [7, 11) is 2.01. The number of ether oxygens (including phenoxy) is 1. The minimum absolute atomic E-state index is 0.259. The first-order valence-electron chi connectivity index (χ1n) is 12.5. The molecule has 1 aliphatic carbocycles. The SMILES string of the molecule is Cc1ccc(NC(=O)c2cc(F)cc(N3CCOCC3)c2)cc1-n1cc(-c2cnc(C3CC3)n2C)nn1. The lowest BCUT2D eigenvalue weighted by molar-refractivity contribution is 0.102. The predicted octanol–water partition coefficient (Wildman–Crippen LogP) is 4.08. The number of imidazole rings is 1. The maximum atomic E-state index is 14.4. The first-order chi connectivity index (χ1) is 18.0. The molecule has 4 aromatic rings. The van der Waals surface area contributed by atoms with Gasteiger partial charge in [0.25, 0.3) is 5.91 Å². The van der Waals surface area contributed by atoms with E-state index in [0.29, 0.717) is 43.6 Å². The van der Waals surface area contributed by atoms with E-state index >= 15 is 0 Å². The van der Waals surface area contributed by atoms with E-state index in [9.17, 15) is 9.18 Å². The fraction of sp³-hybridized carbons (Fsp3) is 0.333. The number of morpholine rings is 1. The van der Waals surface area contributed by atoms with Crippen molar-refractivity contribution in [2.75, 3.05) is 36.5 Å². The zero-order chi connectivity index (χ0) is 25.5. The van der Waals surface area contributed by atoms with Gasteiger partial charge >= 0.3 is 0 Å². The summed E-state index contributed by atoms with van der Waals surface area (Å²) in [5, 5.41) is 11.6. The van der Waals surface area contributed by atoms with Gasteiger partial charge in [0.05, 0.1) is 37.0 Å². The number of carbonyl (C=O) groups excluding carboxylic acids is 1. The van der Waals surface area contributed by atoms with Crippen molar-refractivity contribution in [2.24, 2.45) is 7.05 Å². The Morgan fingerprint density at radius 3 is 2.73 bits per heavy atom. The topological polar surface area (TPSA) is 90.1 Å². The summed E-state index contributed by atoms with van der Waals surface area (Å²) >= 11 is 0. The minimum atomic E-state index is -0.450. The molecule has 0 spiro atoms. The van der Waals surface area contributed by atoms with Crippen LogP contribution in [0.25, 0.3) is 17.1 Å². The molecule has 10 heteroatoms. The van der Waals surface area contributed by atoms with Gasteiger partial charge in [0, 0.05) is 43.0 Å². The van der Waals surface area contributed by atoms with Gasteiger partial charge in [-0.25, -0.2) is 14.1 Å². The average molecular weight is 502 g/mol. The molecule has 2 aromatic heterocycles. The molecule has 9 nitrogen and oxygen atoms in total. The number of nitrogens with one attached hydrogen (secondary N) is 1. The zero-order valence-corrected chi connectivity index (χ0v) is 20.8. The molecule has 1 N–H and O–H groups in total. The molecule has 2 fully saturated rings. The lowest BCUT2D eigenvalue weighted by Gasteiger charge is -2.29. The molecule has 0 radical (unpaired) electrons. The van der Waals surface area contributed by atoms with Crippen LogP contribution in [0.15, 0.2) is 48.8 Å². The summed E-state index contributed by atoms with van der Waals surface area (Å²) in [6.07, 6.45) is 6.07. The van der Waals surface area contributed by atoms with Gasteiger partial charge in [-0.1, -0.05) is 11.3 Å². The highest BCUT2D eigenvalue weighted by atomic mass is 19.1. The Labute approximate surface area is 213 Å². The number of carbonyl (C=O) groups is 1. The Kier molecular flexibility index (Phi) is 5.96. The molecule has 1 aliphatic heterocycles. The highest BCUT2D eigenvalue weighted by Gasteiger charge is 2.29. The molecule has 1 saturated heterocycles. The molecule has 0 unspecified atom stereocenters. The van der Waals surface area contributed by atoms with Crippen molar-refractivity contribution in [2.45, 2.75) is 25.7 Å². The van der Waals surface area contributed by atoms with Gasteiger partial charge in [-0.05, 0) is 55.7 Å². The molecule has 2 aromatic carbocycles. The van der Waals surface area contributed by atoms with Gasteiger partial charge < -0.3 is 19.5 Å². The van der Waals surface area contributed by atoms with E-state index in [4.69, 9.17) is 4.74 Å². The van der Waals surface area contributed by atoms with Gasteiger partial charge in [0.15, 0.2) is 0 Å². The van der Waals surface area contributed by atoms with Gasteiger partial charge in [-0.2, -0.15) is 0 Å². The number of hydrogen-bond donors (Lipinski definition) is 1.